The van der Waals surface area contributed by atoms with Gasteiger partial charge in [-0.15, -0.1) is 0 Å². The molecule has 2 aliphatic heterocycles. The molecule has 0 radical (unpaired) electrons. The molecule has 4 heteroatoms. The number of hydrogen-bond donors (Lipinski definition) is 0. The number of likely N-dealkylation sites (tertiary alicyclic amines) is 1. The smallest absolute Gasteiger partial charge is 0.276 e. The number of hydrogen-bond acceptors (Lipinski definition) is 3. The van der Waals surface area contributed by atoms with Gasteiger partial charge in [0.25, 0.3) is 5.79 Å². The van der Waals surface area contributed by atoms with E-state index in [0.29, 0.717) is 5.56 Å². The van der Waals surface area contributed by atoms with Gasteiger partial charge in [0, 0.05) is 6.92 Å². The van der Waals surface area contributed by atoms with Gasteiger partial charge in [0.05, 0.1) is 5.56 Å². The van der Waals surface area contributed by atoms with Crippen molar-refractivity contribution in [3.05, 3.63) is 47.7 Å². The fraction of sp³-hybridized carbons (Fsp3) is 0.529. The van der Waals surface area contributed by atoms with Crippen molar-refractivity contribution in [3.8, 4) is 0 Å². The zero-order valence-corrected chi connectivity index (χ0v) is 12.6. The minimum Gasteiger partial charge on any atom is -0.453 e. The summed E-state index contributed by atoms with van der Waals surface area (Å²) in [6.07, 6.45) is 4.94. The summed E-state index contributed by atoms with van der Waals surface area (Å²) in [6, 6.07) is 5.54. The van der Waals surface area contributed by atoms with Gasteiger partial charge in [-0.1, -0.05) is 19.1 Å². The van der Waals surface area contributed by atoms with Gasteiger partial charge in [-0.2, -0.15) is 0 Å². The monoisotopic (exact) mass is 291 g/mol. The molecular formula is C17H22FNO2. The van der Waals surface area contributed by atoms with E-state index in [4.69, 9.17) is 9.47 Å². The van der Waals surface area contributed by atoms with Crippen molar-refractivity contribution in [2.24, 2.45) is 0 Å². The predicted molar refractivity (Wildman–Crippen MR) is 79.2 cm³/mol. The third-order valence-corrected chi connectivity index (χ3v) is 4.63. The Morgan fingerprint density at radius 1 is 1.24 bits per heavy atom. The van der Waals surface area contributed by atoms with E-state index in [2.05, 4.69) is 11.8 Å². The van der Waals surface area contributed by atoms with Gasteiger partial charge >= 0.3 is 0 Å². The molecule has 0 saturated carbocycles. The molecule has 2 heterocycles. The van der Waals surface area contributed by atoms with Gasteiger partial charge in [-0.05, 0) is 50.0 Å². The molecule has 1 aromatic rings. The molecule has 1 aromatic carbocycles. The zero-order chi connectivity index (χ0) is 14.9. The van der Waals surface area contributed by atoms with Gasteiger partial charge in [0.2, 0.25) is 0 Å². The van der Waals surface area contributed by atoms with Crippen molar-refractivity contribution in [2.75, 3.05) is 19.6 Å². The Bertz CT molecular complexity index is 528. The molecule has 0 spiro atoms. The molecular weight excluding hydrogens is 269 g/mol. The summed E-state index contributed by atoms with van der Waals surface area (Å²) < 4.78 is 25.8. The molecule has 21 heavy (non-hydrogen) atoms. The number of halogens is 1. The molecule has 114 valence electrons. The second-order valence-electron chi connectivity index (χ2n) is 5.87. The lowest BCUT2D eigenvalue weighted by Crippen LogP contribution is -2.33. The molecule has 0 amide bonds. The Labute approximate surface area is 125 Å². The van der Waals surface area contributed by atoms with Gasteiger partial charge in [-0.3, -0.25) is 0 Å². The lowest BCUT2D eigenvalue weighted by Gasteiger charge is -2.32. The summed E-state index contributed by atoms with van der Waals surface area (Å²) in [5.41, 5.74) is 1.27. The van der Waals surface area contributed by atoms with Crippen LogP contribution in [-0.2, 0) is 15.3 Å². The van der Waals surface area contributed by atoms with E-state index in [0.717, 1.165) is 38.0 Å². The molecule has 3 rings (SSSR count). The highest BCUT2D eigenvalue weighted by Gasteiger charge is 2.36. The second-order valence-corrected chi connectivity index (χ2v) is 5.87. The number of ether oxygens (including phenoxy) is 2. The van der Waals surface area contributed by atoms with E-state index >= 15 is 0 Å². The van der Waals surface area contributed by atoms with Crippen LogP contribution < -0.4 is 0 Å². The first-order chi connectivity index (χ1) is 10.1. The Kier molecular flexibility index (Phi) is 3.89. The molecule has 0 aliphatic carbocycles. The van der Waals surface area contributed by atoms with Gasteiger partial charge < -0.3 is 14.4 Å². The first kappa shape index (κ1) is 14.4. The van der Waals surface area contributed by atoms with E-state index in [1.54, 1.807) is 13.0 Å². The predicted octanol–water partition coefficient (Wildman–Crippen LogP) is 3.72. The number of benzene rings is 1. The Morgan fingerprint density at radius 3 is 2.52 bits per heavy atom. The van der Waals surface area contributed by atoms with Crippen LogP contribution in [0.3, 0.4) is 0 Å². The number of rotatable bonds is 3. The summed E-state index contributed by atoms with van der Waals surface area (Å²) >= 11 is 0. The van der Waals surface area contributed by atoms with Crippen molar-refractivity contribution in [1.82, 2.24) is 4.90 Å². The van der Waals surface area contributed by atoms with Crippen LogP contribution in [0, 0.1) is 5.82 Å². The lowest BCUT2D eigenvalue weighted by molar-refractivity contribution is -0.135. The van der Waals surface area contributed by atoms with Crippen LogP contribution in [0.4, 0.5) is 4.39 Å². The normalized spacial score (nSPS) is 22.0. The number of nitrogens with zero attached hydrogens (tertiary/aromatic N) is 1. The topological polar surface area (TPSA) is 21.7 Å². The van der Waals surface area contributed by atoms with E-state index < -0.39 is 5.79 Å². The number of piperidine rings is 1. The van der Waals surface area contributed by atoms with Crippen molar-refractivity contribution in [1.29, 1.82) is 0 Å². The lowest BCUT2D eigenvalue weighted by atomic mass is 9.87. The quantitative estimate of drug-likeness (QED) is 0.847. The maximum atomic E-state index is 14.9. The molecule has 1 fully saturated rings. The third kappa shape index (κ3) is 2.64. The van der Waals surface area contributed by atoms with Crippen molar-refractivity contribution >= 4 is 0 Å². The van der Waals surface area contributed by atoms with E-state index in [1.807, 2.05) is 12.1 Å². The summed E-state index contributed by atoms with van der Waals surface area (Å²) in [5.74, 6) is -0.936. The highest BCUT2D eigenvalue weighted by Crippen LogP contribution is 2.37. The summed E-state index contributed by atoms with van der Waals surface area (Å²) in [7, 11) is 0. The van der Waals surface area contributed by atoms with E-state index in [9.17, 15) is 4.39 Å². The van der Waals surface area contributed by atoms with Gasteiger partial charge in [0.1, 0.15) is 18.3 Å². The van der Waals surface area contributed by atoms with Crippen LogP contribution in [0.25, 0.3) is 0 Å². The molecule has 3 nitrogen and oxygen atoms in total. The fourth-order valence-electron chi connectivity index (χ4n) is 3.25. The van der Waals surface area contributed by atoms with Gasteiger partial charge in [-0.25, -0.2) is 4.39 Å². The van der Waals surface area contributed by atoms with Crippen LogP contribution in [-0.4, -0.2) is 24.5 Å². The van der Waals surface area contributed by atoms with Crippen LogP contribution in [0.5, 0.6) is 0 Å². The maximum Gasteiger partial charge on any atom is 0.276 e. The van der Waals surface area contributed by atoms with Crippen LogP contribution in [0.2, 0.25) is 0 Å². The summed E-state index contributed by atoms with van der Waals surface area (Å²) in [6.45, 7) is 7.06. The maximum absolute atomic E-state index is 14.9. The Morgan fingerprint density at radius 2 is 1.90 bits per heavy atom. The third-order valence-electron chi connectivity index (χ3n) is 4.63. The van der Waals surface area contributed by atoms with Gasteiger partial charge in [0.15, 0.2) is 0 Å². The van der Waals surface area contributed by atoms with E-state index in [1.165, 1.54) is 12.5 Å². The molecule has 0 aromatic heterocycles. The summed E-state index contributed by atoms with van der Waals surface area (Å²) in [5, 5.41) is 0. The molecule has 0 atom stereocenters. The minimum atomic E-state index is -1.04. The molecule has 2 aliphatic rings. The first-order valence-electron chi connectivity index (χ1n) is 7.66. The average molecular weight is 291 g/mol. The standard InChI is InChI=1S/C17H22FNO2/c1-3-19-9-7-13(8-10-19)14-5-4-6-15(16(14)18)17(2)20-11-12-21-17/h4-6,11-13H,3,7-10H2,1-2H3. The largest absolute Gasteiger partial charge is 0.453 e. The Balaban J connectivity index is 1.84. The molecule has 1 saturated heterocycles. The highest BCUT2D eigenvalue weighted by molar-refractivity contribution is 5.32. The van der Waals surface area contributed by atoms with Crippen molar-refractivity contribution < 1.29 is 13.9 Å². The first-order valence-corrected chi connectivity index (χ1v) is 7.66. The average Bonchev–Trinajstić information content (AvgIpc) is 2.95. The van der Waals surface area contributed by atoms with E-state index in [-0.39, 0.29) is 11.7 Å². The van der Waals surface area contributed by atoms with Crippen molar-refractivity contribution in [2.45, 2.75) is 38.4 Å². The molecule has 0 N–H and O–H groups in total. The van der Waals surface area contributed by atoms with Crippen LogP contribution in [0.15, 0.2) is 30.7 Å². The Hall–Kier alpha value is -1.55. The highest BCUT2D eigenvalue weighted by atomic mass is 19.1. The molecule has 0 unspecified atom stereocenters. The molecule has 0 bridgehead atoms. The van der Waals surface area contributed by atoms with Crippen LogP contribution in [0.1, 0.15) is 43.7 Å². The van der Waals surface area contributed by atoms with Crippen LogP contribution >= 0.6 is 0 Å². The SMILES string of the molecule is CCN1CCC(c2cccc(C3(C)OC=CO3)c2F)CC1. The summed E-state index contributed by atoms with van der Waals surface area (Å²) in [4.78, 5) is 2.41. The van der Waals surface area contributed by atoms with Crippen molar-refractivity contribution in [3.63, 3.8) is 0 Å². The minimum absolute atomic E-state index is 0.182. The fourth-order valence-corrected chi connectivity index (χ4v) is 3.25. The zero-order valence-electron chi connectivity index (χ0n) is 12.6. The second kappa shape index (κ2) is 5.68.